The van der Waals surface area contributed by atoms with Crippen molar-refractivity contribution in [3.05, 3.63) is 123 Å². The predicted molar refractivity (Wildman–Crippen MR) is 330 cm³/mol. The molecule has 5 heterocycles. The van der Waals surface area contributed by atoms with Crippen LogP contribution >= 0.6 is 11.3 Å². The molecule has 6 N–H and O–H groups in total. The number of aromatic nitrogens is 2. The zero-order valence-corrected chi connectivity index (χ0v) is 51.0. The zero-order valence-electron chi connectivity index (χ0n) is 50.2. The number of aliphatic hydroxyl groups is 1. The molecule has 86 heavy (non-hydrogen) atoms. The Morgan fingerprint density at radius 2 is 1.42 bits per heavy atom. The highest BCUT2D eigenvalue weighted by atomic mass is 32.1. The van der Waals surface area contributed by atoms with E-state index in [1.165, 1.54) is 4.90 Å². The van der Waals surface area contributed by atoms with Crippen LogP contribution in [-0.2, 0) is 38.4 Å². The van der Waals surface area contributed by atoms with Gasteiger partial charge >= 0.3 is 6.18 Å². The molecule has 0 saturated carbocycles. The summed E-state index contributed by atoms with van der Waals surface area (Å²) in [6.45, 7) is 16.3. The highest BCUT2D eigenvalue weighted by Crippen LogP contribution is 2.36. The molecule has 0 radical (unpaired) electrons. The van der Waals surface area contributed by atoms with Crippen molar-refractivity contribution in [2.24, 2.45) is 5.41 Å². The molecule has 8 rings (SSSR count). The fourth-order valence-corrected chi connectivity index (χ4v) is 12.2. The number of amides is 5. The number of hydrogen-bond acceptors (Lipinski definition) is 13. The molecule has 22 heteroatoms. The van der Waals surface area contributed by atoms with Gasteiger partial charge in [-0.15, -0.1) is 11.3 Å². The Hall–Kier alpha value is -6.98. The number of benzene rings is 3. The number of H-pyrrole nitrogens is 1. The summed E-state index contributed by atoms with van der Waals surface area (Å²) in [6, 6.07) is 20.3. The van der Waals surface area contributed by atoms with Crippen molar-refractivity contribution < 1.29 is 42.3 Å². The maximum absolute atomic E-state index is 14.1. The number of aliphatic hydroxyl groups excluding tert-OH is 1. The van der Waals surface area contributed by atoms with Crippen LogP contribution in [0.4, 0.5) is 24.5 Å². The zero-order chi connectivity index (χ0) is 61.5. The number of carbonyl (C=O) groups excluding carboxylic acids is 5. The number of carbonyl (C=O) groups is 5. The number of rotatable bonds is 25. The van der Waals surface area contributed by atoms with Crippen molar-refractivity contribution in [2.75, 3.05) is 89.3 Å². The van der Waals surface area contributed by atoms with E-state index in [4.69, 9.17) is 0 Å². The van der Waals surface area contributed by atoms with Crippen LogP contribution in [0.5, 0.6) is 0 Å². The number of β-amino-alcohol motifs (C(OH)–C–C–N with tert-alkyl or cyclic N) is 1. The van der Waals surface area contributed by atoms with Gasteiger partial charge in [0.1, 0.15) is 12.1 Å². The molecule has 0 aliphatic carbocycles. The SMILES string of the molecule is Cc1ncsc1-c1ccc(CNC(=O)[C@@H]2C[C@@H](O)CN2C(=O)C(NC(=O)CCCCCCCCCC(=O)NCCN2CCN(Cc3cccc(-c4ccc(N5CCN(C)CC5)c(NC(=O)c5c[nH]c(=O)cc5C(F)(F)F)c4)c3)CC2)C(C)(C)C)cc1. The van der Waals surface area contributed by atoms with Crippen LogP contribution in [0.25, 0.3) is 21.6 Å². The Balaban J connectivity index is 0.691. The van der Waals surface area contributed by atoms with Gasteiger partial charge in [-0.2, -0.15) is 13.2 Å². The maximum Gasteiger partial charge on any atom is 0.417 e. The average Bonchev–Trinajstić information content (AvgIpc) is 3.83. The molecule has 464 valence electrons. The topological polar surface area (TPSA) is 216 Å². The molecular weight excluding hydrogens is 1120 g/mol. The number of pyridine rings is 1. The standard InChI is InChI=1S/C64H84F3N11O7S/c1-43-58(86-42-71-43)46-20-18-44(19-21-46)38-70-61(84)54-36-49(79)41-78(54)62(85)59(63(2,3)4)73-56(81)17-12-10-8-6-7-9-11-16-55(80)68-24-25-75-28-30-76(31-29-75)40-45-14-13-15-47(34-45)48-22-23-53(77-32-26-74(5)27-33-77)52(35-48)72-60(83)50-39-69-57(82)37-51(50)64(65,66)67/h13-15,18-23,34-35,37,39,42,49,54,59,79H,6-12,16-17,24-33,36,38,40-41H2,1-5H3,(H,68,80)(H,69,82)(H,70,84)(H,72,83)(H,73,81)/t49-,54+,59?/m1/s1. The molecule has 3 atom stereocenters. The first-order valence-electron chi connectivity index (χ1n) is 30.1. The lowest BCUT2D eigenvalue weighted by atomic mass is 9.85. The third-order valence-corrected chi connectivity index (χ3v) is 17.4. The number of nitrogens with zero attached hydrogens (tertiary/aromatic N) is 6. The van der Waals surface area contributed by atoms with E-state index in [2.05, 4.69) is 63.0 Å². The summed E-state index contributed by atoms with van der Waals surface area (Å²) in [7, 11) is 2.02. The molecule has 5 aromatic rings. The Labute approximate surface area is 506 Å². The largest absolute Gasteiger partial charge is 0.417 e. The van der Waals surface area contributed by atoms with Gasteiger partial charge in [0.25, 0.3) is 5.91 Å². The second-order valence-corrected chi connectivity index (χ2v) is 25.0. The highest BCUT2D eigenvalue weighted by Gasteiger charge is 2.44. The minimum atomic E-state index is -4.90. The molecule has 5 amide bonds. The summed E-state index contributed by atoms with van der Waals surface area (Å²) in [5, 5.41) is 22.4. The van der Waals surface area contributed by atoms with E-state index in [1.54, 1.807) is 17.4 Å². The van der Waals surface area contributed by atoms with Crippen molar-refractivity contribution in [1.29, 1.82) is 0 Å². The van der Waals surface area contributed by atoms with E-state index in [0.29, 0.717) is 49.9 Å². The maximum atomic E-state index is 14.1. The summed E-state index contributed by atoms with van der Waals surface area (Å²) in [5.74, 6) is -1.88. The second kappa shape index (κ2) is 30.1. The summed E-state index contributed by atoms with van der Waals surface area (Å²) < 4.78 is 41.9. The van der Waals surface area contributed by atoms with Crippen LogP contribution in [0.15, 0.2) is 89.3 Å². The van der Waals surface area contributed by atoms with Gasteiger partial charge in [0.15, 0.2) is 0 Å². The first-order chi connectivity index (χ1) is 41.1. The van der Waals surface area contributed by atoms with Crippen molar-refractivity contribution in [1.82, 2.24) is 45.5 Å². The summed E-state index contributed by atoms with van der Waals surface area (Å²) in [4.78, 5) is 97.0. The lowest BCUT2D eigenvalue weighted by Crippen LogP contribution is -2.57. The van der Waals surface area contributed by atoms with Crippen molar-refractivity contribution in [2.45, 2.75) is 129 Å². The van der Waals surface area contributed by atoms with Gasteiger partial charge in [0.2, 0.25) is 29.2 Å². The molecule has 18 nitrogen and oxygen atoms in total. The van der Waals surface area contributed by atoms with Crippen LogP contribution in [0.1, 0.15) is 118 Å². The number of anilines is 2. The molecule has 3 aromatic carbocycles. The van der Waals surface area contributed by atoms with Crippen molar-refractivity contribution in [3.63, 3.8) is 0 Å². The number of likely N-dealkylation sites (N-methyl/N-ethyl adjacent to an activating group) is 1. The number of aryl methyl sites for hydroxylation is 1. The predicted octanol–water partition coefficient (Wildman–Crippen LogP) is 8.05. The third-order valence-electron chi connectivity index (χ3n) is 16.5. The molecule has 3 fully saturated rings. The molecule has 1 unspecified atom stereocenters. The second-order valence-electron chi connectivity index (χ2n) is 24.2. The van der Waals surface area contributed by atoms with E-state index >= 15 is 0 Å². The summed E-state index contributed by atoms with van der Waals surface area (Å²) in [6.07, 6.45) is 2.14. The number of likely N-dealkylation sites (tertiary alicyclic amines) is 1. The minimum absolute atomic E-state index is 0.0123. The quantitative estimate of drug-likeness (QED) is 0.0306. The molecule has 0 spiro atoms. The molecule has 3 saturated heterocycles. The summed E-state index contributed by atoms with van der Waals surface area (Å²) >= 11 is 1.57. The van der Waals surface area contributed by atoms with Crippen LogP contribution in [0.3, 0.4) is 0 Å². The van der Waals surface area contributed by atoms with E-state index < -0.39 is 52.4 Å². The molecular formula is C64H84F3N11O7S. The first-order valence-corrected chi connectivity index (χ1v) is 31.0. The first kappa shape index (κ1) is 65.0. The van der Waals surface area contributed by atoms with Gasteiger partial charge in [0.05, 0.1) is 44.7 Å². The van der Waals surface area contributed by atoms with E-state index in [-0.39, 0.29) is 49.6 Å². The van der Waals surface area contributed by atoms with Gasteiger partial charge in [-0.05, 0) is 78.2 Å². The van der Waals surface area contributed by atoms with Crippen molar-refractivity contribution in [3.8, 4) is 21.6 Å². The number of thiazole rings is 1. The van der Waals surface area contributed by atoms with Gasteiger partial charge in [0, 0.05) is 117 Å². The number of alkyl halides is 3. The number of hydrogen-bond donors (Lipinski definition) is 6. The van der Waals surface area contributed by atoms with Crippen LogP contribution in [0.2, 0.25) is 0 Å². The fraction of sp³-hybridized carbons (Fsp3) is 0.516. The number of nitrogens with one attached hydrogen (secondary N) is 5. The highest BCUT2D eigenvalue weighted by molar-refractivity contribution is 7.13. The van der Waals surface area contributed by atoms with Gasteiger partial charge < -0.3 is 46.1 Å². The van der Waals surface area contributed by atoms with Crippen molar-refractivity contribution >= 4 is 52.2 Å². The lowest BCUT2D eigenvalue weighted by molar-refractivity contribution is -0.144. The monoisotopic (exact) mass is 1210 g/mol. The Morgan fingerprint density at radius 1 is 0.767 bits per heavy atom. The molecule has 3 aliphatic rings. The molecule has 3 aliphatic heterocycles. The number of aromatic amines is 1. The van der Waals surface area contributed by atoms with E-state index in [1.807, 2.05) is 88.8 Å². The third kappa shape index (κ3) is 18.3. The van der Waals surface area contributed by atoms with Gasteiger partial charge in [-0.3, -0.25) is 38.6 Å². The molecule has 0 bridgehead atoms. The smallest absolute Gasteiger partial charge is 0.391 e. The van der Waals surface area contributed by atoms with Crippen LogP contribution in [0, 0.1) is 12.3 Å². The Kier molecular flexibility index (Phi) is 22.7. The van der Waals surface area contributed by atoms with Crippen LogP contribution < -0.4 is 31.7 Å². The summed E-state index contributed by atoms with van der Waals surface area (Å²) in [5.41, 5.74) is 5.01. The van der Waals surface area contributed by atoms with E-state index in [9.17, 15) is 47.0 Å². The number of halogens is 3. The fourth-order valence-electron chi connectivity index (χ4n) is 11.4. The lowest BCUT2D eigenvalue weighted by Gasteiger charge is -2.35. The minimum Gasteiger partial charge on any atom is -0.391 e. The number of piperazine rings is 2. The Morgan fingerprint density at radius 3 is 2.08 bits per heavy atom. The molecule has 2 aromatic heterocycles. The number of unbranched alkanes of at least 4 members (excludes halogenated alkanes) is 6. The Bertz CT molecular complexity index is 3170. The normalized spacial score (nSPS) is 17.5. The van der Waals surface area contributed by atoms with Crippen LogP contribution in [-0.4, -0.2) is 161 Å². The van der Waals surface area contributed by atoms with Gasteiger partial charge in [-0.25, -0.2) is 4.98 Å². The average molecular weight is 1210 g/mol. The van der Waals surface area contributed by atoms with E-state index in [0.717, 1.165) is 135 Å². The van der Waals surface area contributed by atoms with Gasteiger partial charge in [-0.1, -0.05) is 101 Å².